The van der Waals surface area contributed by atoms with Crippen molar-refractivity contribution >= 4 is 17.5 Å². The molecule has 0 saturated heterocycles. The summed E-state index contributed by atoms with van der Waals surface area (Å²) < 4.78 is 13.5. The Balaban J connectivity index is 1.90. The van der Waals surface area contributed by atoms with Crippen LogP contribution in [0.25, 0.3) is 0 Å². The van der Waals surface area contributed by atoms with Gasteiger partial charge in [0.25, 0.3) is 0 Å². The molecule has 0 aliphatic heterocycles. The molecule has 122 valence electrons. The molecule has 3 nitrogen and oxygen atoms in total. The second kappa shape index (κ2) is 8.09. The Bertz CT molecular complexity index is 678. The van der Waals surface area contributed by atoms with E-state index in [1.54, 1.807) is 25.1 Å². The predicted molar refractivity (Wildman–Crippen MR) is 90.7 cm³/mol. The largest absolute Gasteiger partial charge is 0.351 e. The van der Waals surface area contributed by atoms with Crippen LogP contribution in [-0.2, 0) is 11.3 Å². The minimum atomic E-state index is -0.423. The number of amides is 1. The number of carbonyl (C=O) groups is 1. The van der Waals surface area contributed by atoms with Crippen molar-refractivity contribution in [3.63, 3.8) is 0 Å². The summed E-state index contributed by atoms with van der Waals surface area (Å²) in [4.78, 5) is 12.2. The van der Waals surface area contributed by atoms with E-state index in [9.17, 15) is 9.18 Å². The molecule has 0 radical (unpaired) electrons. The SMILES string of the molecule is CC(NC(C)c1ccccc1Cl)C(=O)NCc1ccccc1F. The fraction of sp³-hybridized carbons (Fsp3) is 0.278. The quantitative estimate of drug-likeness (QED) is 0.842. The van der Waals surface area contributed by atoms with Crippen molar-refractivity contribution in [2.75, 3.05) is 0 Å². The number of rotatable bonds is 6. The van der Waals surface area contributed by atoms with E-state index < -0.39 is 6.04 Å². The van der Waals surface area contributed by atoms with Gasteiger partial charge in [0.2, 0.25) is 5.91 Å². The van der Waals surface area contributed by atoms with E-state index in [-0.39, 0.29) is 24.3 Å². The normalized spacial score (nSPS) is 13.4. The van der Waals surface area contributed by atoms with Gasteiger partial charge in [0.05, 0.1) is 6.04 Å². The standard InChI is InChI=1S/C18H20ClFN2O/c1-12(15-8-4-5-9-16(15)19)22-13(2)18(23)21-11-14-7-3-6-10-17(14)20/h3-10,12-13,22H,11H2,1-2H3,(H,21,23). The molecule has 1 amide bonds. The van der Waals surface area contributed by atoms with Crippen LogP contribution in [0, 0.1) is 5.82 Å². The van der Waals surface area contributed by atoms with Crippen molar-refractivity contribution in [1.29, 1.82) is 0 Å². The fourth-order valence-corrected chi connectivity index (χ4v) is 2.64. The monoisotopic (exact) mass is 334 g/mol. The molecular formula is C18H20ClFN2O. The summed E-state index contributed by atoms with van der Waals surface area (Å²) in [5.74, 6) is -0.509. The van der Waals surface area contributed by atoms with Gasteiger partial charge in [-0.25, -0.2) is 4.39 Å². The second-order valence-electron chi connectivity index (χ2n) is 5.44. The molecule has 0 spiro atoms. The van der Waals surface area contributed by atoms with Gasteiger partial charge in [-0.2, -0.15) is 0 Å². The lowest BCUT2D eigenvalue weighted by molar-refractivity contribution is -0.123. The average Bonchev–Trinajstić information content (AvgIpc) is 2.54. The van der Waals surface area contributed by atoms with Crippen LogP contribution in [-0.4, -0.2) is 11.9 Å². The van der Waals surface area contributed by atoms with E-state index in [1.165, 1.54) is 6.07 Å². The van der Waals surface area contributed by atoms with Gasteiger partial charge in [0.15, 0.2) is 0 Å². The Labute approximate surface area is 140 Å². The molecule has 0 aliphatic rings. The third-order valence-corrected chi connectivity index (χ3v) is 4.02. The third-order valence-electron chi connectivity index (χ3n) is 3.68. The molecule has 0 aliphatic carbocycles. The van der Waals surface area contributed by atoms with Crippen LogP contribution < -0.4 is 10.6 Å². The van der Waals surface area contributed by atoms with Crippen LogP contribution in [0.2, 0.25) is 5.02 Å². The number of nitrogens with one attached hydrogen (secondary N) is 2. The molecule has 2 rings (SSSR count). The summed E-state index contributed by atoms with van der Waals surface area (Å²) in [5.41, 5.74) is 1.40. The number of halogens is 2. The smallest absolute Gasteiger partial charge is 0.237 e. The Morgan fingerprint density at radius 2 is 1.78 bits per heavy atom. The van der Waals surface area contributed by atoms with Gasteiger partial charge >= 0.3 is 0 Å². The van der Waals surface area contributed by atoms with E-state index in [0.717, 1.165) is 5.56 Å². The van der Waals surface area contributed by atoms with Crippen LogP contribution in [0.3, 0.4) is 0 Å². The first kappa shape index (κ1) is 17.4. The molecule has 0 heterocycles. The lowest BCUT2D eigenvalue weighted by Crippen LogP contribution is -2.43. The molecule has 0 aromatic heterocycles. The zero-order valence-corrected chi connectivity index (χ0v) is 13.9. The number of benzene rings is 2. The Hall–Kier alpha value is -1.91. The fourth-order valence-electron chi connectivity index (χ4n) is 2.34. The lowest BCUT2D eigenvalue weighted by atomic mass is 10.1. The highest BCUT2D eigenvalue weighted by Gasteiger charge is 2.17. The molecule has 0 fully saturated rings. The van der Waals surface area contributed by atoms with E-state index in [1.807, 2.05) is 31.2 Å². The first-order chi connectivity index (χ1) is 11.0. The molecule has 2 unspecified atom stereocenters. The highest BCUT2D eigenvalue weighted by atomic mass is 35.5. The van der Waals surface area contributed by atoms with Crippen LogP contribution in [0.4, 0.5) is 4.39 Å². The Morgan fingerprint density at radius 3 is 2.48 bits per heavy atom. The maximum absolute atomic E-state index is 13.5. The van der Waals surface area contributed by atoms with Gasteiger partial charge in [0.1, 0.15) is 5.82 Å². The van der Waals surface area contributed by atoms with Gasteiger partial charge < -0.3 is 5.32 Å². The van der Waals surface area contributed by atoms with Crippen molar-refractivity contribution in [2.24, 2.45) is 0 Å². The molecule has 0 bridgehead atoms. The van der Waals surface area contributed by atoms with Crippen LogP contribution >= 0.6 is 11.6 Å². The van der Waals surface area contributed by atoms with Crippen molar-refractivity contribution < 1.29 is 9.18 Å². The molecule has 2 N–H and O–H groups in total. The average molecular weight is 335 g/mol. The van der Waals surface area contributed by atoms with Crippen molar-refractivity contribution in [3.8, 4) is 0 Å². The van der Waals surface area contributed by atoms with Gasteiger partial charge in [0, 0.05) is 23.2 Å². The van der Waals surface area contributed by atoms with Crippen molar-refractivity contribution in [3.05, 3.63) is 70.5 Å². The Morgan fingerprint density at radius 1 is 1.13 bits per heavy atom. The van der Waals surface area contributed by atoms with Gasteiger partial charge in [-0.3, -0.25) is 10.1 Å². The zero-order chi connectivity index (χ0) is 16.8. The Kier molecular flexibility index (Phi) is 6.13. The van der Waals surface area contributed by atoms with Gasteiger partial charge in [-0.15, -0.1) is 0 Å². The maximum atomic E-state index is 13.5. The zero-order valence-electron chi connectivity index (χ0n) is 13.1. The topological polar surface area (TPSA) is 41.1 Å². The number of hydrogen-bond donors (Lipinski definition) is 2. The molecule has 2 aromatic rings. The van der Waals surface area contributed by atoms with Gasteiger partial charge in [-0.05, 0) is 31.5 Å². The van der Waals surface area contributed by atoms with Crippen LogP contribution in [0.1, 0.15) is 31.0 Å². The van der Waals surface area contributed by atoms with E-state index in [0.29, 0.717) is 10.6 Å². The summed E-state index contributed by atoms with van der Waals surface area (Å²) in [6.07, 6.45) is 0. The highest BCUT2D eigenvalue weighted by Crippen LogP contribution is 2.22. The summed E-state index contributed by atoms with van der Waals surface area (Å²) in [6, 6.07) is 13.4. The highest BCUT2D eigenvalue weighted by molar-refractivity contribution is 6.31. The maximum Gasteiger partial charge on any atom is 0.237 e. The summed E-state index contributed by atoms with van der Waals surface area (Å²) >= 11 is 6.16. The minimum Gasteiger partial charge on any atom is -0.351 e. The molecule has 2 aromatic carbocycles. The van der Waals surface area contributed by atoms with Crippen molar-refractivity contribution in [1.82, 2.24) is 10.6 Å². The van der Waals surface area contributed by atoms with E-state index >= 15 is 0 Å². The van der Waals surface area contributed by atoms with Crippen LogP contribution in [0.15, 0.2) is 48.5 Å². The molecule has 0 saturated carbocycles. The molecule has 5 heteroatoms. The summed E-state index contributed by atoms with van der Waals surface area (Å²) in [5, 5.41) is 6.59. The first-order valence-corrected chi connectivity index (χ1v) is 7.88. The summed E-state index contributed by atoms with van der Waals surface area (Å²) in [6.45, 7) is 3.88. The predicted octanol–water partition coefficient (Wildman–Crippen LogP) is 3.83. The molecule has 2 atom stereocenters. The van der Waals surface area contributed by atoms with Crippen LogP contribution in [0.5, 0.6) is 0 Å². The van der Waals surface area contributed by atoms with Crippen molar-refractivity contribution in [2.45, 2.75) is 32.5 Å². The first-order valence-electron chi connectivity index (χ1n) is 7.50. The number of carbonyl (C=O) groups excluding carboxylic acids is 1. The van der Waals surface area contributed by atoms with E-state index in [2.05, 4.69) is 10.6 Å². The van der Waals surface area contributed by atoms with E-state index in [4.69, 9.17) is 11.6 Å². The molecular weight excluding hydrogens is 315 g/mol. The van der Waals surface area contributed by atoms with Gasteiger partial charge in [-0.1, -0.05) is 48.0 Å². The minimum absolute atomic E-state index is 0.0714. The second-order valence-corrected chi connectivity index (χ2v) is 5.85. The summed E-state index contributed by atoms with van der Waals surface area (Å²) in [7, 11) is 0. The lowest BCUT2D eigenvalue weighted by Gasteiger charge is -2.21. The molecule has 23 heavy (non-hydrogen) atoms. The number of hydrogen-bond acceptors (Lipinski definition) is 2. The third kappa shape index (κ3) is 4.78.